The Morgan fingerprint density at radius 1 is 1.54 bits per heavy atom. The average Bonchev–Trinajstić information content (AvgIpc) is 2.78. The summed E-state index contributed by atoms with van der Waals surface area (Å²) in [5.74, 6) is 0.726. The largest absolute Gasteiger partial charge is 0.448 e. The molecule has 0 spiro atoms. The topological polar surface area (TPSA) is 123 Å². The van der Waals surface area contributed by atoms with E-state index in [1.54, 1.807) is 6.92 Å². The number of carbonyl (C=O) groups excluding carboxylic acids is 1. The van der Waals surface area contributed by atoms with Crippen molar-refractivity contribution < 1.29 is 24.5 Å². The van der Waals surface area contributed by atoms with Crippen LogP contribution in [0.2, 0.25) is 0 Å². The van der Waals surface area contributed by atoms with Gasteiger partial charge in [0.05, 0.1) is 9.67 Å². The Bertz CT molecular complexity index is 657. The summed E-state index contributed by atoms with van der Waals surface area (Å²) in [6, 6.07) is 0. The van der Waals surface area contributed by atoms with Crippen molar-refractivity contribution in [1.29, 1.82) is 0 Å². The van der Waals surface area contributed by atoms with Gasteiger partial charge >= 0.3 is 11.8 Å². The number of aliphatic hydroxyl groups is 2. The number of carbonyl (C=O) groups is 1. The van der Waals surface area contributed by atoms with E-state index in [9.17, 15) is 19.8 Å². The molecule has 0 saturated carbocycles. The fraction of sp³-hybridized carbons (Fsp3) is 0.615. The zero-order valence-corrected chi connectivity index (χ0v) is 16.0. The summed E-state index contributed by atoms with van der Waals surface area (Å²) in [6.45, 7) is 1.84. The quantitative estimate of drug-likeness (QED) is 0.417. The highest BCUT2D eigenvalue weighted by Crippen LogP contribution is 2.28. The van der Waals surface area contributed by atoms with E-state index in [4.69, 9.17) is 9.47 Å². The van der Waals surface area contributed by atoms with Gasteiger partial charge in [0.15, 0.2) is 12.0 Å². The van der Waals surface area contributed by atoms with Crippen molar-refractivity contribution in [2.75, 3.05) is 23.9 Å². The van der Waals surface area contributed by atoms with Crippen LogP contribution in [0, 0.1) is 3.57 Å². The molecule has 1 saturated heterocycles. The van der Waals surface area contributed by atoms with Crippen molar-refractivity contribution in [2.45, 2.75) is 31.5 Å². The number of aliphatic hydroxyl groups excluding tert-OH is 2. The van der Waals surface area contributed by atoms with Crippen LogP contribution in [-0.2, 0) is 9.47 Å². The molecule has 1 aliphatic heterocycles. The second-order valence-electron chi connectivity index (χ2n) is 5.09. The SMILES string of the molecule is CSCCOC(=O)Nc1nc(=O)n([C@@H]2O[C@H](C)C(O)C2O)cc1I. The third-order valence-corrected chi connectivity index (χ3v) is 4.76. The fourth-order valence-electron chi connectivity index (χ4n) is 2.12. The first-order valence-electron chi connectivity index (χ1n) is 7.08. The first kappa shape index (κ1) is 19.4. The van der Waals surface area contributed by atoms with Gasteiger partial charge in [-0.25, -0.2) is 9.59 Å². The molecule has 1 aliphatic rings. The maximum absolute atomic E-state index is 12.2. The normalized spacial score (nSPS) is 26.4. The molecule has 1 aromatic rings. The van der Waals surface area contributed by atoms with Gasteiger partial charge in [0, 0.05) is 11.9 Å². The molecule has 2 unspecified atom stereocenters. The Morgan fingerprint density at radius 2 is 2.25 bits per heavy atom. The number of nitrogens with one attached hydrogen (secondary N) is 1. The molecule has 0 aromatic carbocycles. The smallest absolute Gasteiger partial charge is 0.412 e. The predicted molar refractivity (Wildman–Crippen MR) is 96.2 cm³/mol. The molecule has 0 aliphatic carbocycles. The van der Waals surface area contributed by atoms with E-state index in [1.165, 1.54) is 18.0 Å². The van der Waals surface area contributed by atoms with E-state index >= 15 is 0 Å². The van der Waals surface area contributed by atoms with E-state index in [0.29, 0.717) is 9.32 Å². The summed E-state index contributed by atoms with van der Waals surface area (Å²) in [4.78, 5) is 27.6. The van der Waals surface area contributed by atoms with Crippen LogP contribution in [0.15, 0.2) is 11.0 Å². The summed E-state index contributed by atoms with van der Waals surface area (Å²) < 4.78 is 11.9. The van der Waals surface area contributed by atoms with E-state index in [-0.39, 0.29) is 12.4 Å². The van der Waals surface area contributed by atoms with Crippen molar-refractivity contribution in [2.24, 2.45) is 0 Å². The van der Waals surface area contributed by atoms with Crippen LogP contribution in [0.3, 0.4) is 0 Å². The summed E-state index contributed by atoms with van der Waals surface area (Å²) in [5.41, 5.74) is -0.722. The highest BCUT2D eigenvalue weighted by atomic mass is 127. The van der Waals surface area contributed by atoms with Crippen molar-refractivity contribution in [3.05, 3.63) is 20.3 Å². The van der Waals surface area contributed by atoms with Crippen LogP contribution < -0.4 is 11.0 Å². The third kappa shape index (κ3) is 4.39. The van der Waals surface area contributed by atoms with E-state index in [0.717, 1.165) is 4.57 Å². The molecule has 1 aromatic heterocycles. The van der Waals surface area contributed by atoms with E-state index in [2.05, 4.69) is 10.3 Å². The van der Waals surface area contributed by atoms with Crippen LogP contribution in [-0.4, -0.2) is 62.8 Å². The highest BCUT2D eigenvalue weighted by molar-refractivity contribution is 14.1. The second kappa shape index (κ2) is 8.47. The average molecular weight is 471 g/mol. The minimum atomic E-state index is -1.24. The number of amides is 1. The van der Waals surface area contributed by atoms with Crippen LogP contribution in [0.4, 0.5) is 10.6 Å². The maximum atomic E-state index is 12.2. The number of ether oxygens (including phenoxy) is 2. The lowest BCUT2D eigenvalue weighted by molar-refractivity contribution is -0.0351. The lowest BCUT2D eigenvalue weighted by Crippen LogP contribution is -2.36. The van der Waals surface area contributed by atoms with Gasteiger partial charge in [0.25, 0.3) is 0 Å². The minimum Gasteiger partial charge on any atom is -0.448 e. The Kier molecular flexibility index (Phi) is 6.86. The van der Waals surface area contributed by atoms with Gasteiger partial charge in [-0.05, 0) is 35.8 Å². The Balaban J connectivity index is 2.14. The number of thioether (sulfide) groups is 1. The minimum absolute atomic E-state index is 0.0621. The van der Waals surface area contributed by atoms with Gasteiger partial charge in [-0.15, -0.1) is 0 Å². The van der Waals surface area contributed by atoms with Crippen LogP contribution in [0.1, 0.15) is 13.2 Å². The van der Waals surface area contributed by atoms with Gasteiger partial charge < -0.3 is 19.7 Å². The molecular weight excluding hydrogens is 453 g/mol. The monoisotopic (exact) mass is 471 g/mol. The van der Waals surface area contributed by atoms with Crippen LogP contribution in [0.5, 0.6) is 0 Å². The van der Waals surface area contributed by atoms with E-state index < -0.39 is 36.3 Å². The van der Waals surface area contributed by atoms with Crippen LogP contribution >= 0.6 is 34.4 Å². The summed E-state index contributed by atoms with van der Waals surface area (Å²) in [5, 5.41) is 22.1. The molecular formula is C13H18IN3O6S. The Morgan fingerprint density at radius 3 is 2.83 bits per heavy atom. The molecule has 2 heterocycles. The standard InChI is InChI=1S/C13H18IN3O6S/c1-6-8(18)9(19)11(23-6)17-5-7(14)10(15-12(17)20)16-13(21)22-3-4-24-2/h5-6,8-9,11,18-19H,3-4H2,1-2H3,(H,15,16,20,21)/t6-,8?,9?,11-/m1/s1. The van der Waals surface area contributed by atoms with Crippen LogP contribution in [0.25, 0.3) is 0 Å². The van der Waals surface area contributed by atoms with Gasteiger partial charge in [-0.2, -0.15) is 16.7 Å². The van der Waals surface area contributed by atoms with Crippen molar-refractivity contribution in [3.8, 4) is 0 Å². The molecule has 1 amide bonds. The van der Waals surface area contributed by atoms with Gasteiger partial charge in [-0.3, -0.25) is 9.88 Å². The first-order valence-corrected chi connectivity index (χ1v) is 9.55. The molecule has 9 nitrogen and oxygen atoms in total. The third-order valence-electron chi connectivity index (χ3n) is 3.40. The van der Waals surface area contributed by atoms with Crippen molar-refractivity contribution in [1.82, 2.24) is 9.55 Å². The predicted octanol–water partition coefficient (Wildman–Crippen LogP) is 0.398. The maximum Gasteiger partial charge on any atom is 0.412 e. The molecule has 1 fully saturated rings. The Hall–Kier alpha value is -0.890. The number of hydrogen-bond acceptors (Lipinski definition) is 8. The number of aromatic nitrogens is 2. The summed E-state index contributed by atoms with van der Waals surface area (Å²) >= 11 is 3.43. The van der Waals surface area contributed by atoms with E-state index in [1.807, 2.05) is 28.8 Å². The zero-order chi connectivity index (χ0) is 17.9. The lowest BCUT2D eigenvalue weighted by atomic mass is 10.1. The zero-order valence-electron chi connectivity index (χ0n) is 13.0. The van der Waals surface area contributed by atoms with Gasteiger partial charge in [-0.1, -0.05) is 0 Å². The Labute approximate surface area is 155 Å². The fourth-order valence-corrected chi connectivity index (χ4v) is 2.93. The van der Waals surface area contributed by atoms with Gasteiger partial charge in [0.1, 0.15) is 18.8 Å². The summed E-state index contributed by atoms with van der Waals surface area (Å²) in [7, 11) is 0. The van der Waals surface area contributed by atoms with Gasteiger partial charge in [0.2, 0.25) is 0 Å². The molecule has 3 N–H and O–H groups in total. The summed E-state index contributed by atoms with van der Waals surface area (Å²) in [6.07, 6.45) is -1.40. The molecule has 0 radical (unpaired) electrons. The lowest BCUT2D eigenvalue weighted by Gasteiger charge is -2.18. The first-order chi connectivity index (χ1) is 11.3. The molecule has 11 heteroatoms. The molecule has 2 rings (SSSR count). The molecule has 4 atom stereocenters. The van der Waals surface area contributed by atoms with Crippen molar-refractivity contribution >= 4 is 46.3 Å². The number of nitrogens with zero attached hydrogens (tertiary/aromatic N) is 2. The number of rotatable bonds is 5. The molecule has 134 valence electrons. The second-order valence-corrected chi connectivity index (χ2v) is 7.24. The molecule has 24 heavy (non-hydrogen) atoms. The number of anilines is 1. The number of halogens is 1. The highest BCUT2D eigenvalue weighted by Gasteiger charge is 2.42. The molecule has 0 bridgehead atoms. The number of hydrogen-bond donors (Lipinski definition) is 3. The van der Waals surface area contributed by atoms with Crippen molar-refractivity contribution in [3.63, 3.8) is 0 Å².